The fourth-order valence-electron chi connectivity index (χ4n) is 2.45. The number of likely N-dealkylation sites (tertiary alicyclic amines) is 1. The SMILES string of the molecule is CC(C)(C)OC(=O)N1CCC(=O)C2C(C(=O)O)C21. The summed E-state index contributed by atoms with van der Waals surface area (Å²) in [4.78, 5) is 35.9. The van der Waals surface area contributed by atoms with Gasteiger partial charge in [0.2, 0.25) is 0 Å². The number of carbonyl (C=O) groups is 3. The van der Waals surface area contributed by atoms with Crippen molar-refractivity contribution < 1.29 is 24.2 Å². The number of ketones is 1. The van der Waals surface area contributed by atoms with E-state index in [-0.39, 0.29) is 18.7 Å². The standard InChI is InChI=1S/C12H17NO5/c1-12(2,3)18-11(17)13-5-4-6(14)7-8(9(7)13)10(15)16/h7-9H,4-5H2,1-3H3,(H,15,16). The van der Waals surface area contributed by atoms with E-state index in [0.29, 0.717) is 0 Å². The molecule has 6 nitrogen and oxygen atoms in total. The van der Waals surface area contributed by atoms with Crippen LogP contribution in [0.3, 0.4) is 0 Å². The molecule has 1 heterocycles. The lowest BCUT2D eigenvalue weighted by Gasteiger charge is -2.29. The molecule has 6 heteroatoms. The molecule has 0 bridgehead atoms. The van der Waals surface area contributed by atoms with Gasteiger partial charge in [-0.05, 0) is 20.8 Å². The summed E-state index contributed by atoms with van der Waals surface area (Å²) in [7, 11) is 0. The molecule has 0 aromatic carbocycles. The van der Waals surface area contributed by atoms with Gasteiger partial charge in [-0.3, -0.25) is 9.59 Å². The highest BCUT2D eigenvalue weighted by Crippen LogP contribution is 2.48. The molecular weight excluding hydrogens is 238 g/mol. The normalized spacial score (nSPS) is 30.7. The molecule has 2 rings (SSSR count). The van der Waals surface area contributed by atoms with Crippen LogP contribution >= 0.6 is 0 Å². The number of rotatable bonds is 1. The van der Waals surface area contributed by atoms with Crippen LogP contribution in [-0.4, -0.2) is 46.0 Å². The van der Waals surface area contributed by atoms with Crippen LogP contribution in [0.4, 0.5) is 4.79 Å². The van der Waals surface area contributed by atoms with Gasteiger partial charge < -0.3 is 14.7 Å². The molecular formula is C12H17NO5. The Morgan fingerprint density at radius 1 is 1.39 bits per heavy atom. The third-order valence-electron chi connectivity index (χ3n) is 3.23. The molecule has 18 heavy (non-hydrogen) atoms. The Morgan fingerprint density at radius 3 is 2.50 bits per heavy atom. The van der Waals surface area contributed by atoms with E-state index in [1.165, 1.54) is 4.90 Å². The predicted molar refractivity (Wildman–Crippen MR) is 61.0 cm³/mol. The predicted octanol–water partition coefficient (Wildman–Crippen LogP) is 0.895. The van der Waals surface area contributed by atoms with E-state index in [4.69, 9.17) is 9.84 Å². The highest BCUT2D eigenvalue weighted by Gasteiger charge is 2.65. The van der Waals surface area contributed by atoms with Crippen LogP contribution < -0.4 is 0 Å². The van der Waals surface area contributed by atoms with Crippen LogP contribution in [0, 0.1) is 11.8 Å². The van der Waals surface area contributed by atoms with Crippen molar-refractivity contribution in [3.05, 3.63) is 0 Å². The number of carbonyl (C=O) groups excluding carboxylic acids is 2. The number of aliphatic carboxylic acids is 1. The molecule has 0 radical (unpaired) electrons. The molecule has 1 aliphatic heterocycles. The molecule has 2 aliphatic rings. The van der Waals surface area contributed by atoms with Gasteiger partial charge in [0.25, 0.3) is 0 Å². The van der Waals surface area contributed by atoms with Crippen LogP contribution in [0.25, 0.3) is 0 Å². The average molecular weight is 255 g/mol. The number of carboxylic acids is 1. The zero-order chi connectivity index (χ0) is 13.7. The lowest BCUT2D eigenvalue weighted by Crippen LogP contribution is -2.43. The first-order valence-electron chi connectivity index (χ1n) is 5.97. The van der Waals surface area contributed by atoms with Gasteiger partial charge in [-0.25, -0.2) is 4.79 Å². The molecule has 0 aromatic heterocycles. The monoisotopic (exact) mass is 255 g/mol. The lowest BCUT2D eigenvalue weighted by atomic mass is 10.1. The fourth-order valence-corrected chi connectivity index (χ4v) is 2.45. The van der Waals surface area contributed by atoms with Crippen molar-refractivity contribution in [1.29, 1.82) is 0 Å². The van der Waals surface area contributed by atoms with Crippen molar-refractivity contribution in [1.82, 2.24) is 4.90 Å². The maximum absolute atomic E-state index is 11.9. The minimum absolute atomic E-state index is 0.0628. The van der Waals surface area contributed by atoms with Crippen molar-refractivity contribution in [2.24, 2.45) is 11.8 Å². The largest absolute Gasteiger partial charge is 0.481 e. The molecule has 1 N–H and O–H groups in total. The van der Waals surface area contributed by atoms with Crippen LogP contribution in [0.15, 0.2) is 0 Å². The Labute approximate surface area is 105 Å². The van der Waals surface area contributed by atoms with Crippen LogP contribution in [-0.2, 0) is 14.3 Å². The number of fused-ring (bicyclic) bond motifs is 1. The molecule has 3 atom stereocenters. The zero-order valence-electron chi connectivity index (χ0n) is 10.7. The third kappa shape index (κ3) is 2.19. The van der Waals surface area contributed by atoms with Crippen molar-refractivity contribution in [3.8, 4) is 0 Å². The fraction of sp³-hybridized carbons (Fsp3) is 0.750. The number of hydrogen-bond donors (Lipinski definition) is 1. The summed E-state index contributed by atoms with van der Waals surface area (Å²) < 4.78 is 5.22. The summed E-state index contributed by atoms with van der Waals surface area (Å²) in [5, 5.41) is 9.00. The smallest absolute Gasteiger partial charge is 0.410 e. The second kappa shape index (κ2) is 3.96. The van der Waals surface area contributed by atoms with E-state index in [1.54, 1.807) is 20.8 Å². The van der Waals surface area contributed by atoms with Gasteiger partial charge in [-0.2, -0.15) is 0 Å². The zero-order valence-corrected chi connectivity index (χ0v) is 10.7. The summed E-state index contributed by atoms with van der Waals surface area (Å²) in [5.41, 5.74) is -0.623. The Kier molecular flexibility index (Phi) is 2.83. The van der Waals surface area contributed by atoms with E-state index < -0.39 is 35.5 Å². The number of Topliss-reactive ketones (excluding diaryl/α,β-unsaturated/α-hetero) is 1. The molecule has 2 fully saturated rings. The van der Waals surface area contributed by atoms with Gasteiger partial charge >= 0.3 is 12.1 Å². The molecule has 1 aliphatic carbocycles. The first-order valence-corrected chi connectivity index (χ1v) is 5.97. The van der Waals surface area contributed by atoms with Gasteiger partial charge in [0.1, 0.15) is 11.4 Å². The summed E-state index contributed by atoms with van der Waals surface area (Å²) in [6.45, 7) is 5.50. The van der Waals surface area contributed by atoms with Crippen molar-refractivity contribution in [2.45, 2.75) is 38.8 Å². The van der Waals surface area contributed by atoms with Gasteiger partial charge in [0.05, 0.1) is 17.9 Å². The van der Waals surface area contributed by atoms with Gasteiger partial charge in [0, 0.05) is 13.0 Å². The number of amides is 1. The van der Waals surface area contributed by atoms with Crippen LogP contribution in [0.1, 0.15) is 27.2 Å². The summed E-state index contributed by atoms with van der Waals surface area (Å²) in [6, 6.07) is -0.515. The Balaban J connectivity index is 2.09. The minimum Gasteiger partial charge on any atom is -0.481 e. The molecule has 1 amide bonds. The van der Waals surface area contributed by atoms with E-state index in [2.05, 4.69) is 0 Å². The number of ether oxygens (including phenoxy) is 1. The Bertz CT molecular complexity index is 407. The van der Waals surface area contributed by atoms with Crippen molar-refractivity contribution >= 4 is 17.8 Å². The van der Waals surface area contributed by atoms with Crippen LogP contribution in [0.2, 0.25) is 0 Å². The quantitative estimate of drug-likeness (QED) is 0.752. The average Bonchev–Trinajstić information content (AvgIpc) is 2.90. The molecule has 0 spiro atoms. The molecule has 3 unspecified atom stereocenters. The summed E-state index contributed by atoms with van der Waals surface area (Å²) in [6.07, 6.45) is -0.321. The minimum atomic E-state index is -1.02. The third-order valence-corrected chi connectivity index (χ3v) is 3.23. The molecule has 0 aromatic rings. The highest BCUT2D eigenvalue weighted by atomic mass is 16.6. The number of nitrogens with zero attached hydrogens (tertiary/aromatic N) is 1. The van der Waals surface area contributed by atoms with Gasteiger partial charge in [-0.1, -0.05) is 0 Å². The van der Waals surface area contributed by atoms with Crippen molar-refractivity contribution in [3.63, 3.8) is 0 Å². The van der Waals surface area contributed by atoms with E-state index >= 15 is 0 Å². The molecule has 100 valence electrons. The second-order valence-corrected chi connectivity index (χ2v) is 5.77. The van der Waals surface area contributed by atoms with E-state index in [1.807, 2.05) is 0 Å². The number of hydrogen-bond acceptors (Lipinski definition) is 4. The Hall–Kier alpha value is -1.59. The summed E-state index contributed by atoms with van der Waals surface area (Å²) in [5.74, 6) is -2.38. The van der Waals surface area contributed by atoms with E-state index in [0.717, 1.165) is 0 Å². The van der Waals surface area contributed by atoms with E-state index in [9.17, 15) is 14.4 Å². The van der Waals surface area contributed by atoms with Crippen LogP contribution in [0.5, 0.6) is 0 Å². The van der Waals surface area contributed by atoms with Gasteiger partial charge in [0.15, 0.2) is 0 Å². The van der Waals surface area contributed by atoms with Gasteiger partial charge in [-0.15, -0.1) is 0 Å². The first-order chi connectivity index (χ1) is 8.22. The lowest BCUT2D eigenvalue weighted by molar-refractivity contribution is -0.140. The summed E-state index contributed by atoms with van der Waals surface area (Å²) >= 11 is 0. The second-order valence-electron chi connectivity index (χ2n) is 5.77. The number of carboxylic acid groups (broad SMARTS) is 1. The first kappa shape index (κ1) is 12.9. The van der Waals surface area contributed by atoms with Crippen molar-refractivity contribution in [2.75, 3.05) is 6.54 Å². The Morgan fingerprint density at radius 2 is 2.00 bits per heavy atom. The maximum Gasteiger partial charge on any atom is 0.410 e. The number of piperidine rings is 1. The maximum atomic E-state index is 11.9. The molecule has 1 saturated heterocycles. The molecule has 1 saturated carbocycles. The topological polar surface area (TPSA) is 83.9 Å². The highest BCUT2D eigenvalue weighted by molar-refractivity contribution is 5.95.